The number of fused-ring (bicyclic) bond motifs is 1. The van der Waals surface area contributed by atoms with Crippen LogP contribution in [0.5, 0.6) is 11.5 Å². The van der Waals surface area contributed by atoms with Gasteiger partial charge >= 0.3 is 0 Å². The molecule has 0 N–H and O–H groups in total. The van der Waals surface area contributed by atoms with Crippen LogP contribution in [0.3, 0.4) is 0 Å². The summed E-state index contributed by atoms with van der Waals surface area (Å²) in [4.78, 5) is 18.6. The molecule has 0 radical (unpaired) electrons. The normalized spacial score (nSPS) is 20.3. The number of amides is 1. The highest BCUT2D eigenvalue weighted by atomic mass is 16.6. The molecule has 1 saturated heterocycles. The summed E-state index contributed by atoms with van der Waals surface area (Å²) < 4.78 is 22.0. The number of hydrogen-bond acceptors (Lipinski definition) is 6. The molecule has 7 heteroatoms. The van der Waals surface area contributed by atoms with Crippen molar-refractivity contribution in [2.24, 2.45) is 0 Å². The predicted octanol–water partition coefficient (Wildman–Crippen LogP) is 1.66. The van der Waals surface area contributed by atoms with Gasteiger partial charge in [0, 0.05) is 12.6 Å². The Bertz CT molecular complexity index is 701. The first-order chi connectivity index (χ1) is 11.3. The summed E-state index contributed by atoms with van der Waals surface area (Å²) in [7, 11) is 0. The Morgan fingerprint density at radius 2 is 2.09 bits per heavy atom. The molecule has 0 aromatic carbocycles. The van der Waals surface area contributed by atoms with E-state index >= 15 is 0 Å². The first-order valence-corrected chi connectivity index (χ1v) is 7.51. The highest BCUT2D eigenvalue weighted by molar-refractivity contribution is 5.93. The molecule has 7 nitrogen and oxygen atoms in total. The van der Waals surface area contributed by atoms with Crippen LogP contribution in [0.1, 0.15) is 22.4 Å². The third-order valence-electron chi connectivity index (χ3n) is 3.86. The maximum absolute atomic E-state index is 12.7. The van der Waals surface area contributed by atoms with Crippen LogP contribution in [0.4, 0.5) is 0 Å². The van der Waals surface area contributed by atoms with Crippen LogP contribution in [0.15, 0.2) is 35.1 Å². The van der Waals surface area contributed by atoms with Gasteiger partial charge in [0.1, 0.15) is 30.8 Å². The number of rotatable bonds is 2. The van der Waals surface area contributed by atoms with Crippen LogP contribution in [0.25, 0.3) is 0 Å². The van der Waals surface area contributed by atoms with Gasteiger partial charge in [-0.25, -0.2) is 4.98 Å². The Labute approximate surface area is 132 Å². The van der Waals surface area contributed by atoms with Crippen LogP contribution < -0.4 is 9.47 Å². The lowest BCUT2D eigenvalue weighted by molar-refractivity contribution is -0.0323. The molecule has 2 aromatic heterocycles. The number of pyridine rings is 1. The Hall–Kier alpha value is -2.54. The van der Waals surface area contributed by atoms with Crippen molar-refractivity contribution in [1.29, 1.82) is 0 Å². The van der Waals surface area contributed by atoms with E-state index in [-0.39, 0.29) is 12.0 Å². The second kappa shape index (κ2) is 5.92. The lowest BCUT2D eigenvalue weighted by Crippen LogP contribution is -2.42. The Kier molecular flexibility index (Phi) is 3.63. The van der Waals surface area contributed by atoms with Crippen molar-refractivity contribution < 1.29 is 23.4 Å². The number of nitrogens with zero attached hydrogens (tertiary/aromatic N) is 2. The number of morpholine rings is 1. The van der Waals surface area contributed by atoms with E-state index in [1.807, 2.05) is 12.1 Å². The fourth-order valence-corrected chi connectivity index (χ4v) is 2.71. The van der Waals surface area contributed by atoms with Gasteiger partial charge in [-0.15, -0.1) is 0 Å². The van der Waals surface area contributed by atoms with E-state index in [4.69, 9.17) is 18.6 Å². The van der Waals surface area contributed by atoms with Gasteiger partial charge in [-0.1, -0.05) is 0 Å². The van der Waals surface area contributed by atoms with E-state index in [1.54, 1.807) is 17.2 Å². The molecule has 23 heavy (non-hydrogen) atoms. The largest absolute Gasteiger partial charge is 0.486 e. The lowest BCUT2D eigenvalue weighted by atomic mass is 10.2. The first kappa shape index (κ1) is 14.1. The smallest absolute Gasteiger partial charge is 0.272 e. The van der Waals surface area contributed by atoms with Crippen molar-refractivity contribution in [2.75, 3.05) is 32.9 Å². The van der Waals surface area contributed by atoms with Crippen LogP contribution in [-0.4, -0.2) is 48.7 Å². The van der Waals surface area contributed by atoms with Gasteiger partial charge in [-0.2, -0.15) is 0 Å². The zero-order chi connectivity index (χ0) is 15.6. The third kappa shape index (κ3) is 2.75. The van der Waals surface area contributed by atoms with Crippen LogP contribution in [0, 0.1) is 0 Å². The average molecular weight is 316 g/mol. The maximum atomic E-state index is 12.7. The molecule has 0 spiro atoms. The van der Waals surface area contributed by atoms with E-state index in [9.17, 15) is 4.79 Å². The molecule has 1 fully saturated rings. The summed E-state index contributed by atoms with van der Waals surface area (Å²) in [5, 5.41) is 0. The summed E-state index contributed by atoms with van der Waals surface area (Å²) in [6.07, 6.45) is 2.88. The van der Waals surface area contributed by atoms with Gasteiger partial charge < -0.3 is 23.5 Å². The fraction of sp³-hybridized carbons (Fsp3) is 0.375. The van der Waals surface area contributed by atoms with Crippen LogP contribution in [-0.2, 0) is 4.74 Å². The van der Waals surface area contributed by atoms with Gasteiger partial charge in [-0.05, 0) is 12.1 Å². The molecule has 0 bridgehead atoms. The minimum Gasteiger partial charge on any atom is -0.486 e. The third-order valence-corrected chi connectivity index (χ3v) is 3.86. The molecule has 1 unspecified atom stereocenters. The molecule has 4 rings (SSSR count). The van der Waals surface area contributed by atoms with Gasteiger partial charge in [0.05, 0.1) is 25.6 Å². The fourth-order valence-electron chi connectivity index (χ4n) is 2.71. The SMILES string of the molecule is O=C(c1cc2c(cn1)OCCO2)N1CCOC(c2ccco2)C1. The molecule has 0 saturated carbocycles. The quantitative estimate of drug-likeness (QED) is 0.839. The van der Waals surface area contributed by atoms with Crippen LogP contribution >= 0.6 is 0 Å². The predicted molar refractivity (Wildman–Crippen MR) is 78.5 cm³/mol. The van der Waals surface area contributed by atoms with E-state index in [0.29, 0.717) is 50.1 Å². The van der Waals surface area contributed by atoms with E-state index in [1.165, 1.54) is 6.20 Å². The van der Waals surface area contributed by atoms with Gasteiger partial charge in [0.15, 0.2) is 11.5 Å². The molecule has 2 aromatic rings. The lowest BCUT2D eigenvalue weighted by Gasteiger charge is -2.32. The highest BCUT2D eigenvalue weighted by Gasteiger charge is 2.29. The molecule has 0 aliphatic carbocycles. The number of carbonyl (C=O) groups is 1. The zero-order valence-corrected chi connectivity index (χ0v) is 12.4. The maximum Gasteiger partial charge on any atom is 0.272 e. The van der Waals surface area contributed by atoms with E-state index in [0.717, 1.165) is 5.76 Å². The number of hydrogen-bond donors (Lipinski definition) is 0. The summed E-state index contributed by atoms with van der Waals surface area (Å²) >= 11 is 0. The zero-order valence-electron chi connectivity index (χ0n) is 12.4. The number of aromatic nitrogens is 1. The Morgan fingerprint density at radius 3 is 2.91 bits per heavy atom. The Balaban J connectivity index is 1.52. The first-order valence-electron chi connectivity index (χ1n) is 7.51. The monoisotopic (exact) mass is 316 g/mol. The molecule has 1 amide bonds. The van der Waals surface area contributed by atoms with E-state index < -0.39 is 0 Å². The Morgan fingerprint density at radius 1 is 1.22 bits per heavy atom. The molecular weight excluding hydrogens is 300 g/mol. The number of ether oxygens (including phenoxy) is 3. The minimum absolute atomic E-state index is 0.151. The second-order valence-corrected chi connectivity index (χ2v) is 5.34. The summed E-state index contributed by atoms with van der Waals surface area (Å²) in [5.74, 6) is 1.70. The van der Waals surface area contributed by atoms with Crippen molar-refractivity contribution >= 4 is 5.91 Å². The molecule has 1 atom stereocenters. The van der Waals surface area contributed by atoms with E-state index in [2.05, 4.69) is 4.98 Å². The second-order valence-electron chi connectivity index (χ2n) is 5.34. The molecule has 120 valence electrons. The van der Waals surface area contributed by atoms with Crippen molar-refractivity contribution in [1.82, 2.24) is 9.88 Å². The molecule has 2 aliphatic heterocycles. The number of carbonyl (C=O) groups excluding carboxylic acids is 1. The van der Waals surface area contributed by atoms with Crippen LogP contribution in [0.2, 0.25) is 0 Å². The summed E-state index contributed by atoms with van der Waals surface area (Å²) in [5.41, 5.74) is 0.342. The van der Waals surface area contributed by atoms with Crippen molar-refractivity contribution in [2.45, 2.75) is 6.10 Å². The van der Waals surface area contributed by atoms with Gasteiger partial charge in [-0.3, -0.25) is 4.79 Å². The van der Waals surface area contributed by atoms with Gasteiger partial charge in [0.2, 0.25) is 0 Å². The molecule has 2 aliphatic rings. The van der Waals surface area contributed by atoms with Crippen molar-refractivity contribution in [3.05, 3.63) is 42.1 Å². The molecule has 4 heterocycles. The van der Waals surface area contributed by atoms with Gasteiger partial charge in [0.25, 0.3) is 5.91 Å². The van der Waals surface area contributed by atoms with Crippen molar-refractivity contribution in [3.63, 3.8) is 0 Å². The summed E-state index contributed by atoms with van der Waals surface area (Å²) in [6.45, 7) is 2.38. The highest BCUT2D eigenvalue weighted by Crippen LogP contribution is 2.30. The van der Waals surface area contributed by atoms with Crippen molar-refractivity contribution in [3.8, 4) is 11.5 Å². The topological polar surface area (TPSA) is 74.0 Å². The average Bonchev–Trinajstić information content (AvgIpc) is 3.15. The standard InChI is InChI=1S/C16H16N2O5/c19-16(11-8-13-14(9-17-11)23-7-6-22-13)18-3-5-21-15(10-18)12-2-1-4-20-12/h1-2,4,8-9,15H,3,5-7,10H2. The minimum atomic E-state index is -0.250. The summed E-state index contributed by atoms with van der Waals surface area (Å²) in [6, 6.07) is 5.29. The molecular formula is C16H16N2O5. The number of furan rings is 1.